The third kappa shape index (κ3) is 3.33. The van der Waals surface area contributed by atoms with Crippen molar-refractivity contribution in [2.45, 2.75) is 25.5 Å². The van der Waals surface area contributed by atoms with Gasteiger partial charge in [0.05, 0.1) is 11.9 Å². The molecule has 1 aliphatic rings. The van der Waals surface area contributed by atoms with Gasteiger partial charge in [0, 0.05) is 25.8 Å². The first kappa shape index (κ1) is 12.6. The van der Waals surface area contributed by atoms with Crippen molar-refractivity contribution in [3.8, 4) is 0 Å². The van der Waals surface area contributed by atoms with Gasteiger partial charge in [0.1, 0.15) is 6.10 Å². The number of primary amides is 1. The van der Waals surface area contributed by atoms with Crippen LogP contribution in [0, 0.1) is 0 Å². The van der Waals surface area contributed by atoms with E-state index in [2.05, 4.69) is 9.88 Å². The fraction of sp³-hybridized carbons (Fsp3) is 0.500. The monoisotopic (exact) mass is 250 g/mol. The lowest BCUT2D eigenvalue weighted by Crippen LogP contribution is -2.38. The van der Waals surface area contributed by atoms with E-state index in [-0.39, 0.29) is 6.10 Å². The SMILES string of the molecule is NC(=O)OC1CCN(Cc2ccncc2N)CC1. The molecule has 4 N–H and O–H groups in total. The lowest BCUT2D eigenvalue weighted by molar-refractivity contribution is 0.0541. The number of hydrogen-bond acceptors (Lipinski definition) is 5. The van der Waals surface area contributed by atoms with Crippen LogP contribution >= 0.6 is 0 Å². The lowest BCUT2D eigenvalue weighted by Gasteiger charge is -2.31. The van der Waals surface area contributed by atoms with Crippen LogP contribution in [0.4, 0.5) is 10.5 Å². The minimum absolute atomic E-state index is 0.0477. The van der Waals surface area contributed by atoms with Crippen LogP contribution in [-0.2, 0) is 11.3 Å². The maximum atomic E-state index is 10.6. The normalized spacial score (nSPS) is 17.6. The Balaban J connectivity index is 1.84. The number of rotatable bonds is 3. The fourth-order valence-electron chi connectivity index (χ4n) is 2.17. The van der Waals surface area contributed by atoms with E-state index in [1.165, 1.54) is 0 Å². The summed E-state index contributed by atoms with van der Waals surface area (Å²) in [6, 6.07) is 1.93. The lowest BCUT2D eigenvalue weighted by atomic mass is 10.1. The van der Waals surface area contributed by atoms with Crippen molar-refractivity contribution in [3.63, 3.8) is 0 Å². The maximum Gasteiger partial charge on any atom is 0.404 e. The Kier molecular flexibility index (Phi) is 3.99. The first-order valence-corrected chi connectivity index (χ1v) is 6.02. The molecule has 0 spiro atoms. The Morgan fingerprint density at radius 3 is 2.83 bits per heavy atom. The van der Waals surface area contributed by atoms with E-state index in [1.54, 1.807) is 12.4 Å². The molecular formula is C12H18N4O2. The number of amides is 1. The van der Waals surface area contributed by atoms with Gasteiger partial charge in [0.25, 0.3) is 0 Å². The summed E-state index contributed by atoms with van der Waals surface area (Å²) in [5.41, 5.74) is 12.7. The molecule has 0 radical (unpaired) electrons. The average molecular weight is 250 g/mol. The van der Waals surface area contributed by atoms with Crippen molar-refractivity contribution in [2.75, 3.05) is 18.8 Å². The van der Waals surface area contributed by atoms with E-state index in [0.717, 1.165) is 38.0 Å². The third-order valence-electron chi connectivity index (χ3n) is 3.16. The van der Waals surface area contributed by atoms with E-state index < -0.39 is 6.09 Å². The maximum absolute atomic E-state index is 10.6. The number of carbonyl (C=O) groups is 1. The summed E-state index contributed by atoms with van der Waals surface area (Å²) >= 11 is 0. The molecule has 1 amide bonds. The molecule has 2 heterocycles. The number of carbonyl (C=O) groups excluding carboxylic acids is 1. The van der Waals surface area contributed by atoms with Gasteiger partial charge in [0.15, 0.2) is 0 Å². The van der Waals surface area contributed by atoms with Crippen molar-refractivity contribution in [1.82, 2.24) is 9.88 Å². The van der Waals surface area contributed by atoms with Gasteiger partial charge in [-0.05, 0) is 24.5 Å². The molecule has 1 aromatic heterocycles. The quantitative estimate of drug-likeness (QED) is 0.824. The summed E-state index contributed by atoms with van der Waals surface area (Å²) in [6.07, 6.45) is 4.30. The van der Waals surface area contributed by atoms with E-state index in [9.17, 15) is 4.79 Å². The number of nitrogen functional groups attached to an aromatic ring is 1. The number of nitrogens with zero attached hydrogens (tertiary/aromatic N) is 2. The molecular weight excluding hydrogens is 232 g/mol. The molecule has 1 aliphatic heterocycles. The zero-order chi connectivity index (χ0) is 13.0. The summed E-state index contributed by atoms with van der Waals surface area (Å²) in [4.78, 5) is 16.9. The van der Waals surface area contributed by atoms with Crippen LogP contribution in [-0.4, -0.2) is 35.2 Å². The van der Waals surface area contributed by atoms with E-state index in [1.807, 2.05) is 6.07 Å². The third-order valence-corrected chi connectivity index (χ3v) is 3.16. The Morgan fingerprint density at radius 1 is 1.50 bits per heavy atom. The Bertz CT molecular complexity index is 416. The topological polar surface area (TPSA) is 94.5 Å². The van der Waals surface area contributed by atoms with E-state index in [4.69, 9.17) is 16.2 Å². The summed E-state index contributed by atoms with van der Waals surface area (Å²) in [7, 11) is 0. The number of ether oxygens (including phenoxy) is 1. The summed E-state index contributed by atoms with van der Waals surface area (Å²) in [5.74, 6) is 0. The molecule has 6 heteroatoms. The van der Waals surface area contributed by atoms with Gasteiger partial charge in [-0.1, -0.05) is 0 Å². The number of nitrogens with two attached hydrogens (primary N) is 2. The Morgan fingerprint density at radius 2 is 2.22 bits per heavy atom. The molecule has 0 unspecified atom stereocenters. The van der Waals surface area contributed by atoms with Crippen LogP contribution < -0.4 is 11.5 Å². The van der Waals surface area contributed by atoms with Crippen LogP contribution in [0.15, 0.2) is 18.5 Å². The molecule has 2 rings (SSSR count). The molecule has 6 nitrogen and oxygen atoms in total. The first-order chi connectivity index (χ1) is 8.65. The van der Waals surface area contributed by atoms with Crippen LogP contribution in [0.25, 0.3) is 0 Å². The van der Waals surface area contributed by atoms with Crippen LogP contribution in [0.3, 0.4) is 0 Å². The molecule has 0 saturated carbocycles. The van der Waals surface area contributed by atoms with Crippen molar-refractivity contribution in [2.24, 2.45) is 5.73 Å². The van der Waals surface area contributed by atoms with Gasteiger partial charge in [-0.15, -0.1) is 0 Å². The molecule has 1 aromatic rings. The standard InChI is InChI=1S/C12H18N4O2/c13-11-7-15-4-1-9(11)8-16-5-2-10(3-6-16)18-12(14)17/h1,4,7,10H,2-3,5-6,8,13H2,(H2,14,17). The van der Waals surface area contributed by atoms with Crippen LogP contribution in [0.5, 0.6) is 0 Å². The van der Waals surface area contributed by atoms with Crippen LogP contribution in [0.2, 0.25) is 0 Å². The highest BCUT2D eigenvalue weighted by molar-refractivity contribution is 5.64. The Labute approximate surface area is 106 Å². The van der Waals surface area contributed by atoms with Gasteiger partial charge < -0.3 is 16.2 Å². The molecule has 0 aromatic carbocycles. The van der Waals surface area contributed by atoms with Gasteiger partial charge in [-0.25, -0.2) is 4.79 Å². The Hall–Kier alpha value is -1.82. The second-order valence-electron chi connectivity index (χ2n) is 4.49. The first-order valence-electron chi connectivity index (χ1n) is 6.02. The van der Waals surface area contributed by atoms with Gasteiger partial charge in [-0.2, -0.15) is 0 Å². The second-order valence-corrected chi connectivity index (χ2v) is 4.49. The highest BCUT2D eigenvalue weighted by Gasteiger charge is 2.21. The molecule has 1 fully saturated rings. The number of likely N-dealkylation sites (tertiary alicyclic amines) is 1. The summed E-state index contributed by atoms with van der Waals surface area (Å²) < 4.78 is 4.99. The fourth-order valence-corrected chi connectivity index (χ4v) is 2.17. The van der Waals surface area contributed by atoms with Gasteiger partial charge in [-0.3, -0.25) is 9.88 Å². The smallest absolute Gasteiger partial charge is 0.404 e. The van der Waals surface area contributed by atoms with Gasteiger partial charge >= 0.3 is 6.09 Å². The predicted molar refractivity (Wildman–Crippen MR) is 67.6 cm³/mol. The zero-order valence-corrected chi connectivity index (χ0v) is 10.2. The second kappa shape index (κ2) is 5.68. The predicted octanol–water partition coefficient (Wildman–Crippen LogP) is 0.723. The number of piperidine rings is 1. The van der Waals surface area contributed by atoms with Crippen molar-refractivity contribution in [3.05, 3.63) is 24.0 Å². The van der Waals surface area contributed by atoms with E-state index >= 15 is 0 Å². The molecule has 0 aliphatic carbocycles. The number of hydrogen-bond donors (Lipinski definition) is 2. The molecule has 0 bridgehead atoms. The van der Waals surface area contributed by atoms with Crippen LogP contribution in [0.1, 0.15) is 18.4 Å². The molecule has 98 valence electrons. The van der Waals surface area contributed by atoms with Crippen molar-refractivity contribution < 1.29 is 9.53 Å². The largest absolute Gasteiger partial charge is 0.446 e. The highest BCUT2D eigenvalue weighted by Crippen LogP contribution is 2.18. The number of pyridine rings is 1. The highest BCUT2D eigenvalue weighted by atomic mass is 16.6. The molecule has 1 saturated heterocycles. The number of aromatic nitrogens is 1. The minimum atomic E-state index is -0.688. The van der Waals surface area contributed by atoms with E-state index in [0.29, 0.717) is 5.69 Å². The average Bonchev–Trinajstić information content (AvgIpc) is 2.34. The summed E-state index contributed by atoms with van der Waals surface area (Å²) in [6.45, 7) is 2.55. The molecule has 18 heavy (non-hydrogen) atoms. The van der Waals surface area contributed by atoms with Crippen molar-refractivity contribution >= 4 is 11.8 Å². The number of anilines is 1. The minimum Gasteiger partial charge on any atom is -0.446 e. The molecule has 0 atom stereocenters. The summed E-state index contributed by atoms with van der Waals surface area (Å²) in [5, 5.41) is 0. The zero-order valence-electron chi connectivity index (χ0n) is 10.2. The van der Waals surface area contributed by atoms with Crippen molar-refractivity contribution in [1.29, 1.82) is 0 Å². The van der Waals surface area contributed by atoms with Gasteiger partial charge in [0.2, 0.25) is 0 Å².